The van der Waals surface area contributed by atoms with E-state index in [0.29, 0.717) is 5.92 Å². The second-order valence-corrected chi connectivity index (χ2v) is 6.49. The Balaban J connectivity index is 2.52. The van der Waals surface area contributed by atoms with E-state index < -0.39 is 6.04 Å². The van der Waals surface area contributed by atoms with Crippen molar-refractivity contribution in [3.8, 4) is 0 Å². The van der Waals surface area contributed by atoms with Crippen LogP contribution in [0.4, 0.5) is 0 Å². The predicted octanol–water partition coefficient (Wildman–Crippen LogP) is 0.816. The maximum absolute atomic E-state index is 12.0. The minimum absolute atomic E-state index is 0.0149. The maximum atomic E-state index is 12.0. The molecule has 1 aliphatic heterocycles. The molecule has 2 unspecified atom stereocenters. The van der Waals surface area contributed by atoms with Crippen LogP contribution in [0.25, 0.3) is 0 Å². The lowest BCUT2D eigenvalue weighted by Gasteiger charge is -2.36. The van der Waals surface area contributed by atoms with Crippen molar-refractivity contribution in [3.05, 3.63) is 0 Å². The third kappa shape index (κ3) is 3.96. The molecule has 1 fully saturated rings. The molecule has 1 rings (SSSR count). The van der Waals surface area contributed by atoms with E-state index in [1.807, 2.05) is 20.8 Å². The summed E-state index contributed by atoms with van der Waals surface area (Å²) >= 11 is 0. The van der Waals surface area contributed by atoms with Crippen molar-refractivity contribution in [2.24, 2.45) is 17.1 Å². The van der Waals surface area contributed by atoms with Crippen molar-refractivity contribution in [1.82, 2.24) is 10.2 Å². The lowest BCUT2D eigenvalue weighted by atomic mass is 9.86. The Kier molecular flexibility index (Phi) is 4.55. The number of nitrogens with one attached hydrogen (secondary N) is 1. The first-order valence-corrected chi connectivity index (χ1v) is 6.46. The van der Waals surface area contributed by atoms with Gasteiger partial charge in [-0.1, -0.05) is 27.7 Å². The number of carbonyl (C=O) groups excluding carboxylic acids is 1. The quantitative estimate of drug-likeness (QED) is 0.752. The van der Waals surface area contributed by atoms with Gasteiger partial charge in [0.1, 0.15) is 0 Å². The summed E-state index contributed by atoms with van der Waals surface area (Å²) < 4.78 is 0. The monoisotopic (exact) mass is 241 g/mol. The van der Waals surface area contributed by atoms with E-state index in [-0.39, 0.29) is 17.4 Å². The van der Waals surface area contributed by atoms with Crippen molar-refractivity contribution in [1.29, 1.82) is 0 Å². The summed E-state index contributed by atoms with van der Waals surface area (Å²) in [4.78, 5) is 14.3. The number of carbonyl (C=O) groups is 1. The predicted molar refractivity (Wildman–Crippen MR) is 70.6 cm³/mol. The van der Waals surface area contributed by atoms with Gasteiger partial charge < -0.3 is 16.0 Å². The molecular formula is C13H27N3O. The van der Waals surface area contributed by atoms with Crippen LogP contribution in [0.5, 0.6) is 0 Å². The van der Waals surface area contributed by atoms with Crippen LogP contribution in [0.2, 0.25) is 0 Å². The molecule has 0 saturated carbocycles. The van der Waals surface area contributed by atoms with Crippen molar-refractivity contribution in [2.75, 3.05) is 20.1 Å². The summed E-state index contributed by atoms with van der Waals surface area (Å²) in [5.74, 6) is 0.476. The molecule has 1 amide bonds. The highest BCUT2D eigenvalue weighted by Gasteiger charge is 2.31. The lowest BCUT2D eigenvalue weighted by molar-refractivity contribution is -0.125. The number of rotatable bonds is 2. The van der Waals surface area contributed by atoms with Crippen LogP contribution in [0.1, 0.15) is 34.1 Å². The summed E-state index contributed by atoms with van der Waals surface area (Å²) in [6.07, 6.45) is 1.01. The van der Waals surface area contributed by atoms with Gasteiger partial charge >= 0.3 is 0 Å². The first-order valence-electron chi connectivity index (χ1n) is 6.46. The molecule has 0 bridgehead atoms. The number of amides is 1. The van der Waals surface area contributed by atoms with E-state index in [9.17, 15) is 4.79 Å². The Hall–Kier alpha value is -0.610. The number of hydrogen-bond donors (Lipinski definition) is 2. The first kappa shape index (κ1) is 14.5. The standard InChI is InChI=1S/C13H27N3O/c1-9-8-16(5)7-6-10(9)15-12(17)11(14)13(2,3)4/h9-11H,6-8,14H2,1-5H3,(H,15,17)/t9?,10?,11-/m1/s1. The van der Waals surface area contributed by atoms with Crippen LogP contribution in [0.3, 0.4) is 0 Å². The van der Waals surface area contributed by atoms with E-state index in [0.717, 1.165) is 19.5 Å². The number of nitrogens with zero attached hydrogens (tertiary/aromatic N) is 1. The summed E-state index contributed by atoms with van der Waals surface area (Å²) in [5.41, 5.74) is 5.78. The van der Waals surface area contributed by atoms with Crippen molar-refractivity contribution in [2.45, 2.75) is 46.2 Å². The van der Waals surface area contributed by atoms with Gasteiger partial charge in [0.05, 0.1) is 6.04 Å². The molecule has 0 radical (unpaired) electrons. The zero-order valence-electron chi connectivity index (χ0n) is 11.8. The normalized spacial score (nSPS) is 28.8. The average molecular weight is 241 g/mol. The Morgan fingerprint density at radius 2 is 2.06 bits per heavy atom. The van der Waals surface area contributed by atoms with Crippen LogP contribution >= 0.6 is 0 Å². The molecule has 1 aliphatic rings. The average Bonchev–Trinajstić information content (AvgIpc) is 2.19. The van der Waals surface area contributed by atoms with Crippen molar-refractivity contribution < 1.29 is 4.79 Å². The fourth-order valence-electron chi connectivity index (χ4n) is 2.23. The van der Waals surface area contributed by atoms with Crippen LogP contribution in [0.15, 0.2) is 0 Å². The molecule has 0 spiro atoms. The van der Waals surface area contributed by atoms with Crippen LogP contribution in [0, 0.1) is 11.3 Å². The highest BCUT2D eigenvalue weighted by Crippen LogP contribution is 2.19. The van der Waals surface area contributed by atoms with Crippen molar-refractivity contribution >= 4 is 5.91 Å². The molecule has 3 atom stereocenters. The fourth-order valence-corrected chi connectivity index (χ4v) is 2.23. The van der Waals surface area contributed by atoms with Crippen LogP contribution in [-0.4, -0.2) is 43.0 Å². The zero-order chi connectivity index (χ0) is 13.2. The van der Waals surface area contributed by atoms with E-state index in [1.165, 1.54) is 0 Å². The summed E-state index contributed by atoms with van der Waals surface area (Å²) in [6, 6.07) is -0.165. The third-order valence-corrected chi connectivity index (χ3v) is 3.65. The van der Waals surface area contributed by atoms with E-state index in [1.54, 1.807) is 0 Å². The molecular weight excluding hydrogens is 214 g/mol. The van der Waals surface area contributed by atoms with Gasteiger partial charge in [-0.3, -0.25) is 4.79 Å². The molecule has 100 valence electrons. The van der Waals surface area contributed by atoms with E-state index in [4.69, 9.17) is 5.73 Å². The first-order chi connectivity index (χ1) is 7.71. The van der Waals surface area contributed by atoms with Gasteiger partial charge in [0.15, 0.2) is 0 Å². The summed E-state index contributed by atoms with van der Waals surface area (Å²) in [7, 11) is 2.12. The van der Waals surface area contributed by atoms with Gasteiger partial charge in [-0.25, -0.2) is 0 Å². The Morgan fingerprint density at radius 1 is 1.47 bits per heavy atom. The molecule has 4 heteroatoms. The minimum atomic E-state index is -0.436. The summed E-state index contributed by atoms with van der Waals surface area (Å²) in [5, 5.41) is 3.10. The Labute approximate surface area is 105 Å². The molecule has 0 aromatic heterocycles. The second kappa shape index (κ2) is 5.36. The molecule has 1 heterocycles. The number of piperidine rings is 1. The Bertz CT molecular complexity index is 272. The van der Waals surface area contributed by atoms with Crippen molar-refractivity contribution in [3.63, 3.8) is 0 Å². The molecule has 0 aromatic rings. The van der Waals surface area contributed by atoms with Gasteiger partial charge in [0, 0.05) is 12.6 Å². The largest absolute Gasteiger partial charge is 0.352 e. The molecule has 4 nitrogen and oxygen atoms in total. The second-order valence-electron chi connectivity index (χ2n) is 6.49. The molecule has 3 N–H and O–H groups in total. The summed E-state index contributed by atoms with van der Waals surface area (Å²) in [6.45, 7) is 10.2. The van der Waals surface area contributed by atoms with Gasteiger partial charge in [-0.15, -0.1) is 0 Å². The molecule has 0 aromatic carbocycles. The fraction of sp³-hybridized carbons (Fsp3) is 0.923. The highest BCUT2D eigenvalue weighted by atomic mass is 16.2. The molecule has 17 heavy (non-hydrogen) atoms. The van der Waals surface area contributed by atoms with E-state index >= 15 is 0 Å². The number of nitrogens with two attached hydrogens (primary N) is 1. The zero-order valence-corrected chi connectivity index (χ0v) is 11.8. The smallest absolute Gasteiger partial charge is 0.237 e. The Morgan fingerprint density at radius 3 is 2.53 bits per heavy atom. The topological polar surface area (TPSA) is 58.4 Å². The van der Waals surface area contributed by atoms with E-state index in [2.05, 4.69) is 24.2 Å². The van der Waals surface area contributed by atoms with Crippen LogP contribution < -0.4 is 11.1 Å². The molecule has 1 saturated heterocycles. The highest BCUT2D eigenvalue weighted by molar-refractivity contribution is 5.82. The minimum Gasteiger partial charge on any atom is -0.352 e. The van der Waals surface area contributed by atoms with Gasteiger partial charge in [-0.05, 0) is 31.3 Å². The number of hydrogen-bond acceptors (Lipinski definition) is 3. The third-order valence-electron chi connectivity index (χ3n) is 3.65. The van der Waals surface area contributed by atoms with Crippen LogP contribution in [-0.2, 0) is 4.79 Å². The van der Waals surface area contributed by atoms with Gasteiger partial charge in [0.2, 0.25) is 5.91 Å². The number of likely N-dealkylation sites (tertiary alicyclic amines) is 1. The van der Waals surface area contributed by atoms with Gasteiger partial charge in [0.25, 0.3) is 0 Å². The SMILES string of the molecule is CC1CN(C)CCC1NC(=O)[C@@H](N)C(C)(C)C. The van der Waals surface area contributed by atoms with Gasteiger partial charge in [-0.2, -0.15) is 0 Å². The maximum Gasteiger partial charge on any atom is 0.237 e. The molecule has 0 aliphatic carbocycles. The lowest BCUT2D eigenvalue weighted by Crippen LogP contribution is -2.55.